The van der Waals surface area contributed by atoms with Crippen LogP contribution in [0.4, 0.5) is 0 Å². The fraction of sp³-hybridized carbons (Fsp3) is 0.400. The molecule has 4 heteroatoms. The van der Waals surface area contributed by atoms with E-state index in [1.54, 1.807) is 12.1 Å². The predicted molar refractivity (Wildman–Crippen MR) is 64.0 cm³/mol. The summed E-state index contributed by atoms with van der Waals surface area (Å²) >= 11 is 3.27. The molecule has 0 spiro atoms. The van der Waals surface area contributed by atoms with Crippen LogP contribution >= 0.6 is 15.9 Å². The van der Waals surface area contributed by atoms with Gasteiger partial charge in [0.25, 0.3) is 0 Å². The molecule has 80 valence electrons. The monoisotopic (exact) mass is 278 g/mol. The van der Waals surface area contributed by atoms with E-state index >= 15 is 0 Å². The second kappa shape index (κ2) is 6.19. The van der Waals surface area contributed by atoms with E-state index in [2.05, 4.69) is 15.9 Å². The van der Waals surface area contributed by atoms with Gasteiger partial charge < -0.3 is 0 Å². The second-order valence-corrected chi connectivity index (χ2v) is 5.76. The van der Waals surface area contributed by atoms with Crippen molar-refractivity contribution in [1.29, 1.82) is 0 Å². The second-order valence-electron chi connectivity index (χ2n) is 2.70. The first-order valence-corrected chi connectivity index (χ1v) is 7.25. The normalized spacial score (nSPS) is 10.3. The fourth-order valence-electron chi connectivity index (χ4n) is 0.929. The Kier molecular flexibility index (Phi) is 6.04. The number of benzene rings is 1. The van der Waals surface area contributed by atoms with Crippen LogP contribution in [0.15, 0.2) is 28.7 Å². The van der Waals surface area contributed by atoms with E-state index in [1.165, 1.54) is 6.26 Å². The largest absolute Gasteiger partial charge is 0.229 e. The highest BCUT2D eigenvalue weighted by molar-refractivity contribution is 9.10. The quantitative estimate of drug-likeness (QED) is 0.834. The van der Waals surface area contributed by atoms with Crippen LogP contribution in [0.1, 0.15) is 19.4 Å². The lowest BCUT2D eigenvalue weighted by Crippen LogP contribution is -2.00. The third kappa shape index (κ3) is 6.16. The van der Waals surface area contributed by atoms with E-state index in [1.807, 2.05) is 26.0 Å². The number of sulfone groups is 1. The van der Waals surface area contributed by atoms with Crippen LogP contribution in [0.3, 0.4) is 0 Å². The van der Waals surface area contributed by atoms with Crippen LogP contribution in [0, 0.1) is 0 Å². The zero-order chi connectivity index (χ0) is 11.2. The van der Waals surface area contributed by atoms with Crippen molar-refractivity contribution >= 4 is 25.8 Å². The van der Waals surface area contributed by atoms with Crippen molar-refractivity contribution in [2.75, 3.05) is 6.26 Å². The molecular weight excluding hydrogens is 264 g/mol. The summed E-state index contributed by atoms with van der Waals surface area (Å²) in [7, 11) is -2.91. The van der Waals surface area contributed by atoms with Crippen molar-refractivity contribution < 1.29 is 8.42 Å². The van der Waals surface area contributed by atoms with Crippen molar-refractivity contribution in [1.82, 2.24) is 0 Å². The third-order valence-electron chi connectivity index (χ3n) is 1.32. The summed E-state index contributed by atoms with van der Waals surface area (Å²) in [5, 5.41) is 0. The molecule has 0 aromatic heterocycles. The minimum Gasteiger partial charge on any atom is -0.229 e. The molecule has 0 unspecified atom stereocenters. The van der Waals surface area contributed by atoms with Gasteiger partial charge in [0.2, 0.25) is 0 Å². The Labute approximate surface area is 94.4 Å². The number of halogens is 1. The maximum absolute atomic E-state index is 10.9. The molecule has 1 rings (SSSR count). The summed E-state index contributed by atoms with van der Waals surface area (Å²) in [6.07, 6.45) is 1.23. The minimum atomic E-state index is -2.91. The third-order valence-corrected chi connectivity index (χ3v) is 2.67. The molecule has 0 fully saturated rings. The predicted octanol–water partition coefficient (Wildman–Crippen LogP) is 3.02. The highest BCUT2D eigenvalue weighted by Crippen LogP contribution is 2.13. The van der Waals surface area contributed by atoms with Crippen molar-refractivity contribution in [2.45, 2.75) is 19.6 Å². The van der Waals surface area contributed by atoms with E-state index in [4.69, 9.17) is 0 Å². The van der Waals surface area contributed by atoms with E-state index in [0.29, 0.717) is 0 Å². The highest BCUT2D eigenvalue weighted by Gasteiger charge is 2.03. The van der Waals surface area contributed by atoms with Gasteiger partial charge in [0.1, 0.15) is 0 Å². The van der Waals surface area contributed by atoms with E-state index < -0.39 is 9.84 Å². The first kappa shape index (κ1) is 13.7. The Morgan fingerprint density at radius 2 is 1.86 bits per heavy atom. The fourth-order valence-corrected chi connectivity index (χ4v) is 2.16. The molecule has 0 saturated carbocycles. The average molecular weight is 279 g/mol. The Hall–Kier alpha value is -0.350. The highest BCUT2D eigenvalue weighted by atomic mass is 79.9. The maximum atomic E-state index is 10.9. The van der Waals surface area contributed by atoms with Crippen molar-refractivity contribution in [3.63, 3.8) is 0 Å². The lowest BCUT2D eigenvalue weighted by Gasteiger charge is -1.98. The van der Waals surface area contributed by atoms with Crippen molar-refractivity contribution in [2.24, 2.45) is 0 Å². The van der Waals surface area contributed by atoms with Gasteiger partial charge in [0.15, 0.2) is 9.84 Å². The first-order valence-electron chi connectivity index (χ1n) is 4.39. The SMILES string of the molecule is CC.CS(=O)(=O)Cc1cccc(Br)c1. The zero-order valence-electron chi connectivity index (χ0n) is 8.62. The molecule has 0 atom stereocenters. The van der Waals surface area contributed by atoms with Gasteiger partial charge in [-0.25, -0.2) is 8.42 Å². The summed E-state index contributed by atoms with van der Waals surface area (Å²) in [6.45, 7) is 4.00. The smallest absolute Gasteiger partial charge is 0.151 e. The van der Waals surface area contributed by atoms with Crippen LogP contribution in [0.5, 0.6) is 0 Å². The molecular formula is C10H15BrO2S. The Morgan fingerprint density at radius 3 is 2.29 bits per heavy atom. The molecule has 0 aliphatic rings. The standard InChI is InChI=1S/C8H9BrO2S.C2H6/c1-12(10,11)6-7-3-2-4-8(9)5-7;1-2/h2-5H,6H2,1H3;1-2H3. The molecule has 0 heterocycles. The van der Waals surface area contributed by atoms with Gasteiger partial charge in [-0.2, -0.15) is 0 Å². The van der Waals surface area contributed by atoms with Gasteiger partial charge in [-0.1, -0.05) is 41.9 Å². The molecule has 1 aromatic rings. The van der Waals surface area contributed by atoms with Crippen LogP contribution < -0.4 is 0 Å². The molecule has 0 amide bonds. The zero-order valence-corrected chi connectivity index (χ0v) is 11.0. The maximum Gasteiger partial charge on any atom is 0.151 e. The lowest BCUT2D eigenvalue weighted by atomic mass is 10.2. The topological polar surface area (TPSA) is 34.1 Å². The number of hydrogen-bond donors (Lipinski definition) is 0. The average Bonchev–Trinajstić information content (AvgIpc) is 2.04. The summed E-state index contributed by atoms with van der Waals surface area (Å²) < 4.78 is 22.7. The van der Waals surface area contributed by atoms with Gasteiger partial charge in [-0.3, -0.25) is 0 Å². The van der Waals surface area contributed by atoms with Gasteiger partial charge in [-0.15, -0.1) is 0 Å². The summed E-state index contributed by atoms with van der Waals surface area (Å²) in [4.78, 5) is 0. The summed E-state index contributed by atoms with van der Waals surface area (Å²) in [5.41, 5.74) is 0.812. The van der Waals surface area contributed by atoms with Crippen LogP contribution in [0.2, 0.25) is 0 Å². The Morgan fingerprint density at radius 1 is 1.29 bits per heavy atom. The summed E-state index contributed by atoms with van der Waals surface area (Å²) in [5.74, 6) is 0.104. The Balaban J connectivity index is 0.000000791. The molecule has 2 nitrogen and oxygen atoms in total. The van der Waals surface area contributed by atoms with Crippen molar-refractivity contribution in [3.8, 4) is 0 Å². The molecule has 0 radical (unpaired) electrons. The molecule has 0 saturated heterocycles. The molecule has 0 N–H and O–H groups in total. The minimum absolute atomic E-state index is 0.104. The van der Waals surface area contributed by atoms with Gasteiger partial charge in [-0.05, 0) is 17.7 Å². The molecule has 0 bridgehead atoms. The molecule has 14 heavy (non-hydrogen) atoms. The number of rotatable bonds is 2. The Bertz CT molecular complexity index is 371. The van der Waals surface area contributed by atoms with Crippen LogP contribution in [-0.4, -0.2) is 14.7 Å². The summed E-state index contributed by atoms with van der Waals surface area (Å²) in [6, 6.07) is 7.29. The van der Waals surface area contributed by atoms with Gasteiger partial charge in [0, 0.05) is 10.7 Å². The molecule has 0 aliphatic heterocycles. The van der Waals surface area contributed by atoms with Gasteiger partial charge >= 0.3 is 0 Å². The first-order chi connectivity index (χ1) is 6.47. The van der Waals surface area contributed by atoms with Crippen molar-refractivity contribution in [3.05, 3.63) is 34.3 Å². The number of hydrogen-bond acceptors (Lipinski definition) is 2. The molecule has 0 aliphatic carbocycles. The van der Waals surface area contributed by atoms with E-state index in [0.717, 1.165) is 10.0 Å². The molecule has 1 aromatic carbocycles. The van der Waals surface area contributed by atoms with Crippen LogP contribution in [0.25, 0.3) is 0 Å². The van der Waals surface area contributed by atoms with Gasteiger partial charge in [0.05, 0.1) is 5.75 Å². The van der Waals surface area contributed by atoms with E-state index in [9.17, 15) is 8.42 Å². The van der Waals surface area contributed by atoms with E-state index in [-0.39, 0.29) is 5.75 Å². The van der Waals surface area contributed by atoms with Crippen LogP contribution in [-0.2, 0) is 15.6 Å². The lowest BCUT2D eigenvalue weighted by molar-refractivity contribution is 0.601.